The van der Waals surface area contributed by atoms with Gasteiger partial charge in [0, 0.05) is 5.56 Å². The van der Waals surface area contributed by atoms with Crippen LogP contribution in [0.3, 0.4) is 0 Å². The van der Waals surface area contributed by atoms with E-state index in [2.05, 4.69) is 41.7 Å². The molecule has 4 aromatic rings. The van der Waals surface area contributed by atoms with E-state index in [9.17, 15) is 4.79 Å². The van der Waals surface area contributed by atoms with Gasteiger partial charge in [0.1, 0.15) is 0 Å². The number of anilines is 1. The predicted molar refractivity (Wildman–Crippen MR) is 128 cm³/mol. The summed E-state index contributed by atoms with van der Waals surface area (Å²) in [4.78, 5) is 22.8. The number of nitrogens with zero attached hydrogens (tertiary/aromatic N) is 2. The van der Waals surface area contributed by atoms with Gasteiger partial charge in [0.2, 0.25) is 5.91 Å². The SMILES string of the molecule is O=C(Cc1ccccc1)Nc1nc2c(nc1CCc1ccccc1)-c1ccccc1CC2. The van der Waals surface area contributed by atoms with Crippen LogP contribution in [0.5, 0.6) is 0 Å². The smallest absolute Gasteiger partial charge is 0.229 e. The lowest BCUT2D eigenvalue weighted by molar-refractivity contribution is -0.115. The highest BCUT2D eigenvalue weighted by Gasteiger charge is 2.22. The maximum atomic E-state index is 12.8. The maximum absolute atomic E-state index is 12.8. The number of aryl methyl sites for hydroxylation is 4. The van der Waals surface area contributed by atoms with E-state index >= 15 is 0 Å². The van der Waals surface area contributed by atoms with Crippen molar-refractivity contribution < 1.29 is 4.79 Å². The van der Waals surface area contributed by atoms with Crippen LogP contribution in [-0.2, 0) is 36.9 Å². The quantitative estimate of drug-likeness (QED) is 0.467. The van der Waals surface area contributed by atoms with E-state index in [1.807, 2.05) is 48.5 Å². The van der Waals surface area contributed by atoms with E-state index in [0.29, 0.717) is 18.7 Å². The summed E-state index contributed by atoms with van der Waals surface area (Å²) < 4.78 is 0. The van der Waals surface area contributed by atoms with E-state index in [0.717, 1.165) is 47.5 Å². The third kappa shape index (κ3) is 4.45. The van der Waals surface area contributed by atoms with Crippen LogP contribution in [-0.4, -0.2) is 15.9 Å². The molecule has 0 atom stereocenters. The van der Waals surface area contributed by atoms with Crippen molar-refractivity contribution in [2.45, 2.75) is 32.1 Å². The number of hydrogen-bond donors (Lipinski definition) is 1. The van der Waals surface area contributed by atoms with Crippen LogP contribution < -0.4 is 5.32 Å². The van der Waals surface area contributed by atoms with E-state index in [1.54, 1.807) is 0 Å². The van der Waals surface area contributed by atoms with Crippen molar-refractivity contribution in [3.05, 3.63) is 113 Å². The summed E-state index contributed by atoms with van der Waals surface area (Å²) in [5.41, 5.74) is 7.45. The van der Waals surface area contributed by atoms with Gasteiger partial charge in [-0.25, -0.2) is 9.97 Å². The maximum Gasteiger partial charge on any atom is 0.229 e. The molecule has 0 saturated heterocycles. The number of amides is 1. The van der Waals surface area contributed by atoms with Gasteiger partial charge in [0.25, 0.3) is 0 Å². The van der Waals surface area contributed by atoms with Gasteiger partial charge in [0.05, 0.1) is 23.5 Å². The minimum atomic E-state index is -0.0670. The molecule has 158 valence electrons. The van der Waals surface area contributed by atoms with Gasteiger partial charge in [-0.1, -0.05) is 84.9 Å². The summed E-state index contributed by atoms with van der Waals surface area (Å²) in [5.74, 6) is 0.530. The normalized spacial score (nSPS) is 12.0. The molecule has 0 aliphatic heterocycles. The first-order valence-electron chi connectivity index (χ1n) is 11.1. The molecule has 0 saturated carbocycles. The van der Waals surface area contributed by atoms with Crippen molar-refractivity contribution in [1.29, 1.82) is 0 Å². The Morgan fingerprint density at radius 1 is 0.750 bits per heavy atom. The van der Waals surface area contributed by atoms with Gasteiger partial charge >= 0.3 is 0 Å². The standard InChI is InChI=1S/C28H25N3O/c32-26(19-21-11-5-2-6-12-21)31-28-25(17-15-20-9-3-1-4-10-20)29-27-23-14-8-7-13-22(23)16-18-24(27)30-28/h1-14H,15-19H2,(H,30,31,32). The van der Waals surface area contributed by atoms with Gasteiger partial charge in [-0.2, -0.15) is 0 Å². The summed E-state index contributed by atoms with van der Waals surface area (Å²) in [6, 6.07) is 28.5. The Hall–Kier alpha value is -3.79. The topological polar surface area (TPSA) is 54.9 Å². The zero-order valence-electron chi connectivity index (χ0n) is 17.9. The number of carbonyl (C=O) groups excluding carboxylic acids is 1. The van der Waals surface area contributed by atoms with E-state index < -0.39 is 0 Å². The number of hydrogen-bond acceptors (Lipinski definition) is 3. The molecule has 1 aliphatic rings. The van der Waals surface area contributed by atoms with Crippen molar-refractivity contribution in [3.8, 4) is 11.3 Å². The first kappa shape index (κ1) is 20.1. The minimum absolute atomic E-state index is 0.0670. The highest BCUT2D eigenvalue weighted by atomic mass is 16.1. The number of carbonyl (C=O) groups is 1. The molecule has 0 radical (unpaired) electrons. The third-order valence-electron chi connectivity index (χ3n) is 5.90. The predicted octanol–water partition coefficient (Wildman–Crippen LogP) is 5.21. The summed E-state index contributed by atoms with van der Waals surface area (Å²) in [6.07, 6.45) is 3.66. The zero-order valence-corrected chi connectivity index (χ0v) is 17.9. The molecule has 1 aliphatic carbocycles. The summed E-state index contributed by atoms with van der Waals surface area (Å²) >= 11 is 0. The van der Waals surface area contributed by atoms with Crippen molar-refractivity contribution in [1.82, 2.24) is 9.97 Å². The second-order valence-electron chi connectivity index (χ2n) is 8.17. The van der Waals surface area contributed by atoms with Crippen molar-refractivity contribution in [2.24, 2.45) is 0 Å². The molecule has 1 aromatic heterocycles. The molecule has 1 heterocycles. The third-order valence-corrected chi connectivity index (χ3v) is 5.90. The fourth-order valence-corrected chi connectivity index (χ4v) is 4.26. The van der Waals surface area contributed by atoms with Crippen LogP contribution in [0.15, 0.2) is 84.9 Å². The highest BCUT2D eigenvalue weighted by molar-refractivity contribution is 5.92. The molecule has 32 heavy (non-hydrogen) atoms. The Balaban J connectivity index is 1.46. The average Bonchev–Trinajstić information content (AvgIpc) is 2.84. The summed E-state index contributed by atoms with van der Waals surface area (Å²) in [5, 5.41) is 3.06. The molecule has 1 N–H and O–H groups in total. The average molecular weight is 420 g/mol. The molecule has 0 spiro atoms. The van der Waals surface area contributed by atoms with Crippen LogP contribution in [0.25, 0.3) is 11.3 Å². The molecule has 1 amide bonds. The summed E-state index contributed by atoms with van der Waals surface area (Å²) in [7, 11) is 0. The Morgan fingerprint density at radius 3 is 2.22 bits per heavy atom. The van der Waals surface area contributed by atoms with E-state index in [1.165, 1.54) is 11.1 Å². The Kier molecular flexibility index (Phi) is 5.75. The Labute approximate surface area is 188 Å². The van der Waals surface area contributed by atoms with Crippen molar-refractivity contribution >= 4 is 11.7 Å². The van der Waals surface area contributed by atoms with Gasteiger partial charge in [0.15, 0.2) is 5.82 Å². The number of benzene rings is 3. The first-order chi connectivity index (χ1) is 15.8. The minimum Gasteiger partial charge on any atom is -0.309 e. The molecular formula is C28H25N3O. The molecule has 0 bridgehead atoms. The van der Waals surface area contributed by atoms with Gasteiger partial charge < -0.3 is 5.32 Å². The lowest BCUT2D eigenvalue weighted by atomic mass is 9.91. The molecule has 0 unspecified atom stereocenters. The fraction of sp³-hybridized carbons (Fsp3) is 0.179. The Bertz CT molecular complexity index is 1240. The zero-order chi connectivity index (χ0) is 21.8. The first-order valence-corrected chi connectivity index (χ1v) is 11.1. The van der Waals surface area contributed by atoms with Crippen LogP contribution >= 0.6 is 0 Å². The van der Waals surface area contributed by atoms with E-state index in [4.69, 9.17) is 9.97 Å². The number of fused-ring (bicyclic) bond motifs is 3. The lowest BCUT2D eigenvalue weighted by Crippen LogP contribution is -2.20. The second-order valence-corrected chi connectivity index (χ2v) is 8.17. The molecule has 3 aromatic carbocycles. The van der Waals surface area contributed by atoms with Gasteiger partial charge in [-0.3, -0.25) is 4.79 Å². The molecule has 5 rings (SSSR count). The van der Waals surface area contributed by atoms with Gasteiger partial charge in [-0.15, -0.1) is 0 Å². The number of aromatic nitrogens is 2. The van der Waals surface area contributed by atoms with Crippen LogP contribution in [0, 0.1) is 0 Å². The number of rotatable bonds is 6. The van der Waals surface area contributed by atoms with Crippen LogP contribution in [0.4, 0.5) is 5.82 Å². The summed E-state index contributed by atoms with van der Waals surface area (Å²) in [6.45, 7) is 0. The largest absolute Gasteiger partial charge is 0.309 e. The fourth-order valence-electron chi connectivity index (χ4n) is 4.26. The highest BCUT2D eigenvalue weighted by Crippen LogP contribution is 2.32. The van der Waals surface area contributed by atoms with Crippen LogP contribution in [0.1, 0.15) is 28.1 Å². The van der Waals surface area contributed by atoms with E-state index in [-0.39, 0.29) is 5.91 Å². The monoisotopic (exact) mass is 419 g/mol. The van der Waals surface area contributed by atoms with Gasteiger partial charge in [-0.05, 0) is 42.4 Å². The van der Waals surface area contributed by atoms with Crippen molar-refractivity contribution in [3.63, 3.8) is 0 Å². The lowest BCUT2D eigenvalue weighted by Gasteiger charge is -2.21. The molecule has 4 nitrogen and oxygen atoms in total. The van der Waals surface area contributed by atoms with Crippen LogP contribution in [0.2, 0.25) is 0 Å². The molecule has 4 heteroatoms. The number of nitrogens with one attached hydrogen (secondary N) is 1. The van der Waals surface area contributed by atoms with Crippen molar-refractivity contribution in [2.75, 3.05) is 5.32 Å². The Morgan fingerprint density at radius 2 is 1.44 bits per heavy atom. The molecule has 0 fully saturated rings. The second kappa shape index (κ2) is 9.15. The molecular weight excluding hydrogens is 394 g/mol.